The zero-order valence-electron chi connectivity index (χ0n) is 11.6. The van der Waals surface area contributed by atoms with Crippen molar-refractivity contribution in [3.8, 4) is 0 Å². The summed E-state index contributed by atoms with van der Waals surface area (Å²) >= 11 is 0. The lowest BCUT2D eigenvalue weighted by atomic mass is 10.1. The van der Waals surface area contributed by atoms with Crippen molar-refractivity contribution in [3.05, 3.63) is 49.3 Å². The van der Waals surface area contributed by atoms with Crippen LogP contribution >= 0.6 is 0 Å². The lowest BCUT2D eigenvalue weighted by molar-refractivity contribution is -0.138. The standard InChI is InChI=1S/C15H22O5/c1-4-7-13(15(18)19-9-6-3)14(8-5-2)20-11-12(17)10-16/h4-6,12,16-17H,1-3,7-11H2. The Balaban J connectivity index is 5.08. The van der Waals surface area contributed by atoms with Crippen LogP contribution in [0.25, 0.3) is 0 Å². The van der Waals surface area contributed by atoms with Gasteiger partial charge in [0.2, 0.25) is 0 Å². The molecule has 0 spiro atoms. The molecule has 0 aromatic heterocycles. The zero-order chi connectivity index (χ0) is 15.4. The van der Waals surface area contributed by atoms with Gasteiger partial charge in [0.15, 0.2) is 0 Å². The van der Waals surface area contributed by atoms with Crippen molar-refractivity contribution in [2.75, 3.05) is 19.8 Å². The summed E-state index contributed by atoms with van der Waals surface area (Å²) in [6.07, 6.45) is 4.17. The SMILES string of the molecule is C=CCOC(=O)C(CC=C)=C(CC=C)OCC(O)CO. The molecule has 0 saturated heterocycles. The summed E-state index contributed by atoms with van der Waals surface area (Å²) in [7, 11) is 0. The minimum Gasteiger partial charge on any atom is -0.494 e. The molecule has 0 amide bonds. The van der Waals surface area contributed by atoms with Gasteiger partial charge in [-0.3, -0.25) is 0 Å². The summed E-state index contributed by atoms with van der Waals surface area (Å²) in [5.41, 5.74) is 0.312. The number of carbonyl (C=O) groups excluding carboxylic acids is 1. The van der Waals surface area contributed by atoms with Gasteiger partial charge in [0, 0.05) is 12.8 Å². The van der Waals surface area contributed by atoms with Gasteiger partial charge >= 0.3 is 5.97 Å². The number of rotatable bonds is 11. The molecule has 0 aromatic rings. The number of esters is 1. The topological polar surface area (TPSA) is 76.0 Å². The first kappa shape index (κ1) is 18.1. The molecule has 0 heterocycles. The highest BCUT2D eigenvalue weighted by atomic mass is 16.5. The fourth-order valence-corrected chi connectivity index (χ4v) is 1.33. The Morgan fingerprint density at radius 3 is 2.25 bits per heavy atom. The number of ether oxygens (including phenoxy) is 2. The molecule has 0 aliphatic heterocycles. The molecule has 112 valence electrons. The van der Waals surface area contributed by atoms with Crippen LogP contribution in [0.1, 0.15) is 12.8 Å². The van der Waals surface area contributed by atoms with Gasteiger partial charge in [0.05, 0.1) is 12.2 Å². The van der Waals surface area contributed by atoms with Crippen molar-refractivity contribution < 1.29 is 24.5 Å². The zero-order valence-corrected chi connectivity index (χ0v) is 11.6. The highest BCUT2D eigenvalue weighted by Gasteiger charge is 2.17. The van der Waals surface area contributed by atoms with Crippen molar-refractivity contribution in [3.63, 3.8) is 0 Å². The van der Waals surface area contributed by atoms with E-state index >= 15 is 0 Å². The smallest absolute Gasteiger partial charge is 0.338 e. The average Bonchev–Trinajstić information content (AvgIpc) is 2.46. The number of aliphatic hydroxyl groups is 2. The molecular formula is C15H22O5. The lowest BCUT2D eigenvalue weighted by Gasteiger charge is -2.15. The summed E-state index contributed by atoms with van der Waals surface area (Å²) in [5, 5.41) is 18.1. The second-order valence-corrected chi connectivity index (χ2v) is 3.92. The highest BCUT2D eigenvalue weighted by Crippen LogP contribution is 2.17. The Morgan fingerprint density at radius 2 is 1.75 bits per heavy atom. The average molecular weight is 282 g/mol. The van der Waals surface area contributed by atoms with Gasteiger partial charge in [-0.2, -0.15) is 0 Å². The third-order valence-electron chi connectivity index (χ3n) is 2.25. The Bertz CT molecular complexity index is 370. The second kappa shape index (κ2) is 11.0. The quantitative estimate of drug-likeness (QED) is 0.260. The van der Waals surface area contributed by atoms with Gasteiger partial charge in [-0.1, -0.05) is 24.8 Å². The Kier molecular flexibility index (Phi) is 10.00. The van der Waals surface area contributed by atoms with E-state index in [2.05, 4.69) is 19.7 Å². The van der Waals surface area contributed by atoms with Crippen molar-refractivity contribution in [1.82, 2.24) is 0 Å². The summed E-state index contributed by atoms with van der Waals surface area (Å²) in [5.74, 6) is -0.179. The molecule has 0 rings (SSSR count). The first-order chi connectivity index (χ1) is 9.60. The van der Waals surface area contributed by atoms with Crippen LogP contribution in [0.15, 0.2) is 49.3 Å². The molecule has 20 heavy (non-hydrogen) atoms. The van der Waals surface area contributed by atoms with Crippen molar-refractivity contribution in [2.45, 2.75) is 18.9 Å². The number of aliphatic hydroxyl groups excluding tert-OH is 2. The van der Waals surface area contributed by atoms with Gasteiger partial charge < -0.3 is 19.7 Å². The van der Waals surface area contributed by atoms with E-state index in [9.17, 15) is 9.90 Å². The van der Waals surface area contributed by atoms with Crippen LogP contribution in [-0.4, -0.2) is 42.1 Å². The monoisotopic (exact) mass is 282 g/mol. The van der Waals surface area contributed by atoms with Crippen LogP contribution in [0.2, 0.25) is 0 Å². The third-order valence-corrected chi connectivity index (χ3v) is 2.25. The predicted molar refractivity (Wildman–Crippen MR) is 76.9 cm³/mol. The van der Waals surface area contributed by atoms with Crippen molar-refractivity contribution in [1.29, 1.82) is 0 Å². The lowest BCUT2D eigenvalue weighted by Crippen LogP contribution is -2.20. The second-order valence-electron chi connectivity index (χ2n) is 3.92. The molecule has 0 aromatic carbocycles. The van der Waals surface area contributed by atoms with Crippen LogP contribution in [-0.2, 0) is 14.3 Å². The molecule has 1 atom stereocenters. The van der Waals surface area contributed by atoms with Gasteiger partial charge in [-0.15, -0.1) is 13.2 Å². The van der Waals surface area contributed by atoms with E-state index in [1.807, 2.05) is 0 Å². The van der Waals surface area contributed by atoms with Gasteiger partial charge in [0.25, 0.3) is 0 Å². The molecule has 0 aliphatic rings. The Morgan fingerprint density at radius 1 is 1.10 bits per heavy atom. The molecule has 0 radical (unpaired) electrons. The molecule has 0 aliphatic carbocycles. The number of allylic oxidation sites excluding steroid dienone is 2. The van der Waals surface area contributed by atoms with Gasteiger partial charge in [-0.25, -0.2) is 4.79 Å². The minimum atomic E-state index is -1.01. The molecule has 5 heteroatoms. The maximum absolute atomic E-state index is 11.9. The summed E-state index contributed by atoms with van der Waals surface area (Å²) in [6, 6.07) is 0. The third kappa shape index (κ3) is 6.92. The first-order valence-corrected chi connectivity index (χ1v) is 6.24. The molecule has 2 N–H and O–H groups in total. The van der Waals surface area contributed by atoms with Crippen molar-refractivity contribution >= 4 is 5.97 Å². The summed E-state index contributed by atoms with van der Waals surface area (Å²) < 4.78 is 10.4. The van der Waals surface area contributed by atoms with Crippen LogP contribution in [0.3, 0.4) is 0 Å². The molecular weight excluding hydrogens is 260 g/mol. The fraction of sp³-hybridized carbons (Fsp3) is 0.400. The molecule has 0 saturated carbocycles. The van der Waals surface area contributed by atoms with Gasteiger partial charge in [0.1, 0.15) is 25.1 Å². The van der Waals surface area contributed by atoms with Crippen LogP contribution in [0.5, 0.6) is 0 Å². The maximum atomic E-state index is 11.9. The normalized spacial score (nSPS) is 12.9. The Hall–Kier alpha value is -1.85. The predicted octanol–water partition coefficient (Wildman–Crippen LogP) is 1.49. The van der Waals surface area contributed by atoms with Crippen LogP contribution < -0.4 is 0 Å². The Labute approximate surface area is 119 Å². The van der Waals surface area contributed by atoms with E-state index in [0.29, 0.717) is 17.8 Å². The van der Waals surface area contributed by atoms with E-state index in [4.69, 9.17) is 14.6 Å². The summed E-state index contributed by atoms with van der Waals surface area (Å²) in [6.45, 7) is 10.2. The number of carbonyl (C=O) groups is 1. The van der Waals surface area contributed by atoms with E-state index in [0.717, 1.165) is 0 Å². The minimum absolute atomic E-state index is 0.0973. The summed E-state index contributed by atoms with van der Waals surface area (Å²) in [4.78, 5) is 11.9. The van der Waals surface area contributed by atoms with Crippen LogP contribution in [0, 0.1) is 0 Å². The van der Waals surface area contributed by atoms with Gasteiger partial charge in [-0.05, 0) is 0 Å². The number of hydrogen-bond acceptors (Lipinski definition) is 5. The molecule has 1 unspecified atom stereocenters. The van der Waals surface area contributed by atoms with E-state index in [1.54, 1.807) is 12.2 Å². The van der Waals surface area contributed by atoms with Crippen molar-refractivity contribution in [2.24, 2.45) is 0 Å². The molecule has 0 bridgehead atoms. The van der Waals surface area contributed by atoms with E-state index in [-0.39, 0.29) is 19.6 Å². The maximum Gasteiger partial charge on any atom is 0.338 e. The van der Waals surface area contributed by atoms with Crippen LogP contribution in [0.4, 0.5) is 0 Å². The fourth-order valence-electron chi connectivity index (χ4n) is 1.33. The largest absolute Gasteiger partial charge is 0.494 e. The highest BCUT2D eigenvalue weighted by molar-refractivity contribution is 5.89. The first-order valence-electron chi connectivity index (χ1n) is 6.24. The molecule has 5 nitrogen and oxygen atoms in total. The molecule has 0 fully saturated rings. The van der Waals surface area contributed by atoms with E-state index < -0.39 is 18.7 Å². The van der Waals surface area contributed by atoms with E-state index in [1.165, 1.54) is 6.08 Å². The number of hydrogen-bond donors (Lipinski definition) is 2.